The second-order valence-electron chi connectivity index (χ2n) is 3.63. The summed E-state index contributed by atoms with van der Waals surface area (Å²) in [5.41, 5.74) is 0.471. The molecule has 0 saturated carbocycles. The number of alkyl halides is 2. The van der Waals surface area contributed by atoms with Crippen molar-refractivity contribution in [1.82, 2.24) is 0 Å². The van der Waals surface area contributed by atoms with Crippen LogP contribution in [0.2, 0.25) is 0 Å². The van der Waals surface area contributed by atoms with Crippen LogP contribution in [0.15, 0.2) is 18.2 Å². The van der Waals surface area contributed by atoms with Gasteiger partial charge in [0.05, 0.1) is 5.97 Å². The molecule has 0 aliphatic heterocycles. The number of benzene rings is 1. The van der Waals surface area contributed by atoms with E-state index < -0.39 is 18.5 Å². The zero-order valence-electron chi connectivity index (χ0n) is 8.92. The smallest absolute Gasteiger partial charge is 0.278 e. The molecular formula is C11H11F2O3-. The van der Waals surface area contributed by atoms with Gasteiger partial charge in [0.25, 0.3) is 5.92 Å². The van der Waals surface area contributed by atoms with E-state index in [2.05, 4.69) is 0 Å². The Morgan fingerprint density at radius 3 is 2.56 bits per heavy atom. The van der Waals surface area contributed by atoms with Crippen LogP contribution in [0.1, 0.15) is 22.8 Å². The number of carboxylic acids is 1. The Labute approximate surface area is 91.7 Å². The Morgan fingerprint density at radius 1 is 1.50 bits per heavy atom. The summed E-state index contributed by atoms with van der Waals surface area (Å²) in [5.74, 6) is -3.98. The van der Waals surface area contributed by atoms with Gasteiger partial charge >= 0.3 is 0 Å². The van der Waals surface area contributed by atoms with Gasteiger partial charge in [0.1, 0.15) is 5.75 Å². The number of carbonyl (C=O) groups is 1. The highest BCUT2D eigenvalue weighted by atomic mass is 19.3. The quantitative estimate of drug-likeness (QED) is 0.783. The van der Waals surface area contributed by atoms with Gasteiger partial charge in [0.2, 0.25) is 0 Å². The maximum absolute atomic E-state index is 12.5. The van der Waals surface area contributed by atoms with Crippen LogP contribution in [0.5, 0.6) is 5.75 Å². The second kappa shape index (κ2) is 4.47. The third-order valence-electron chi connectivity index (χ3n) is 1.89. The van der Waals surface area contributed by atoms with Gasteiger partial charge in [-0.15, -0.1) is 0 Å². The Bertz CT molecular complexity index is 397. The summed E-state index contributed by atoms with van der Waals surface area (Å²) in [6, 6.07) is 3.91. The van der Waals surface area contributed by atoms with Crippen molar-refractivity contribution >= 4 is 5.97 Å². The molecule has 0 aromatic heterocycles. The zero-order valence-corrected chi connectivity index (χ0v) is 8.92. The van der Waals surface area contributed by atoms with E-state index in [1.807, 2.05) is 0 Å². The molecule has 1 aromatic carbocycles. The molecule has 0 aliphatic carbocycles. The molecule has 16 heavy (non-hydrogen) atoms. The van der Waals surface area contributed by atoms with Crippen molar-refractivity contribution in [3.8, 4) is 5.75 Å². The molecule has 3 nitrogen and oxygen atoms in total. The van der Waals surface area contributed by atoms with Crippen LogP contribution >= 0.6 is 0 Å². The van der Waals surface area contributed by atoms with Gasteiger partial charge in [-0.2, -0.15) is 0 Å². The molecule has 1 aromatic rings. The van der Waals surface area contributed by atoms with E-state index in [1.165, 1.54) is 18.2 Å². The van der Waals surface area contributed by atoms with Crippen molar-refractivity contribution in [2.45, 2.75) is 19.8 Å². The van der Waals surface area contributed by atoms with Crippen molar-refractivity contribution in [2.24, 2.45) is 0 Å². The lowest BCUT2D eigenvalue weighted by Crippen LogP contribution is -2.23. The molecule has 0 atom stereocenters. The first kappa shape index (κ1) is 12.4. The van der Waals surface area contributed by atoms with Gasteiger partial charge in [-0.05, 0) is 36.2 Å². The summed E-state index contributed by atoms with van der Waals surface area (Å²) in [4.78, 5) is 10.5. The van der Waals surface area contributed by atoms with Crippen LogP contribution in [0.4, 0.5) is 8.78 Å². The normalized spacial score (nSPS) is 11.2. The molecule has 0 heterocycles. The molecule has 88 valence electrons. The number of hydrogen-bond donors (Lipinski definition) is 0. The average molecular weight is 229 g/mol. The average Bonchev–Trinajstić information content (AvgIpc) is 2.14. The second-order valence-corrected chi connectivity index (χ2v) is 3.63. The number of ether oxygens (including phenoxy) is 1. The fraction of sp³-hybridized carbons (Fsp3) is 0.364. The number of hydrogen-bond acceptors (Lipinski definition) is 3. The minimum atomic E-state index is -2.92. The van der Waals surface area contributed by atoms with Gasteiger partial charge < -0.3 is 14.6 Å². The summed E-state index contributed by atoms with van der Waals surface area (Å²) in [5, 5.41) is 10.5. The lowest BCUT2D eigenvalue weighted by atomic mass is 10.1. The first-order valence-electron chi connectivity index (χ1n) is 4.62. The van der Waals surface area contributed by atoms with Crippen LogP contribution in [0, 0.1) is 6.92 Å². The molecule has 0 fully saturated rings. The number of halogens is 2. The molecule has 0 bridgehead atoms. The van der Waals surface area contributed by atoms with E-state index in [-0.39, 0.29) is 11.3 Å². The van der Waals surface area contributed by atoms with Crippen molar-refractivity contribution in [2.75, 3.05) is 6.61 Å². The molecule has 1 rings (SSSR count). The van der Waals surface area contributed by atoms with Crippen LogP contribution in [-0.4, -0.2) is 18.5 Å². The molecular weight excluding hydrogens is 218 g/mol. The Kier molecular flexibility index (Phi) is 3.47. The number of rotatable bonds is 4. The van der Waals surface area contributed by atoms with Crippen LogP contribution < -0.4 is 9.84 Å². The highest BCUT2D eigenvalue weighted by molar-refractivity contribution is 5.86. The van der Waals surface area contributed by atoms with Gasteiger partial charge in [-0.25, -0.2) is 8.78 Å². The zero-order chi connectivity index (χ0) is 12.3. The molecule has 0 aliphatic rings. The highest BCUT2D eigenvalue weighted by Crippen LogP contribution is 2.21. The van der Waals surface area contributed by atoms with Crippen molar-refractivity contribution < 1.29 is 23.4 Å². The lowest BCUT2D eigenvalue weighted by Gasteiger charge is -2.14. The van der Waals surface area contributed by atoms with Crippen LogP contribution in [0.3, 0.4) is 0 Å². The molecule has 0 spiro atoms. The maximum Gasteiger partial charge on any atom is 0.278 e. The van der Waals surface area contributed by atoms with E-state index >= 15 is 0 Å². The van der Waals surface area contributed by atoms with Crippen molar-refractivity contribution in [3.05, 3.63) is 29.3 Å². The summed E-state index contributed by atoms with van der Waals surface area (Å²) in [6.07, 6.45) is 0. The van der Waals surface area contributed by atoms with Crippen LogP contribution in [0.25, 0.3) is 0 Å². The lowest BCUT2D eigenvalue weighted by molar-refractivity contribution is -0.255. The Hall–Kier alpha value is -1.65. The van der Waals surface area contributed by atoms with Crippen LogP contribution in [-0.2, 0) is 0 Å². The van der Waals surface area contributed by atoms with E-state index in [4.69, 9.17) is 4.74 Å². The molecule has 5 heteroatoms. The van der Waals surface area contributed by atoms with Crippen molar-refractivity contribution in [3.63, 3.8) is 0 Å². The van der Waals surface area contributed by atoms with E-state index in [9.17, 15) is 18.7 Å². The molecule has 0 N–H and O–H groups in total. The minimum absolute atomic E-state index is 0.00638. The molecule has 0 radical (unpaired) electrons. The summed E-state index contributed by atoms with van der Waals surface area (Å²) in [7, 11) is 0. The first-order valence-corrected chi connectivity index (χ1v) is 4.62. The van der Waals surface area contributed by atoms with Gasteiger partial charge in [0.15, 0.2) is 6.61 Å². The largest absolute Gasteiger partial charge is 0.545 e. The Morgan fingerprint density at radius 2 is 2.12 bits per heavy atom. The van der Waals surface area contributed by atoms with Gasteiger partial charge in [-0.1, -0.05) is 0 Å². The predicted molar refractivity (Wildman–Crippen MR) is 51.6 cm³/mol. The first-order chi connectivity index (χ1) is 7.29. The number of carbonyl (C=O) groups excluding carboxylic acids is 1. The molecule has 0 unspecified atom stereocenters. The van der Waals surface area contributed by atoms with Gasteiger partial charge in [0, 0.05) is 6.92 Å². The predicted octanol–water partition coefficient (Wildman–Crippen LogP) is 1.39. The fourth-order valence-electron chi connectivity index (χ4n) is 1.14. The minimum Gasteiger partial charge on any atom is -0.545 e. The topological polar surface area (TPSA) is 49.4 Å². The standard InChI is InChI=1S/C11H12F2O3/c1-7-5-8(10(14)15)3-4-9(7)16-6-11(2,12)13/h3-5H,6H2,1-2H3,(H,14,15)/p-1. The molecule has 0 amide bonds. The summed E-state index contributed by atoms with van der Waals surface area (Å²) < 4.78 is 29.9. The van der Waals surface area contributed by atoms with Gasteiger partial charge in [-0.3, -0.25) is 0 Å². The van der Waals surface area contributed by atoms with E-state index in [0.29, 0.717) is 5.56 Å². The number of carboxylic acid groups (broad SMARTS) is 1. The third kappa shape index (κ3) is 3.49. The summed E-state index contributed by atoms with van der Waals surface area (Å²) >= 11 is 0. The number of aryl methyl sites for hydroxylation is 1. The summed E-state index contributed by atoms with van der Waals surface area (Å²) in [6.45, 7) is 1.59. The molecule has 0 saturated heterocycles. The van der Waals surface area contributed by atoms with E-state index in [0.717, 1.165) is 6.92 Å². The van der Waals surface area contributed by atoms with Crippen molar-refractivity contribution in [1.29, 1.82) is 0 Å². The third-order valence-corrected chi connectivity index (χ3v) is 1.89. The Balaban J connectivity index is 2.80. The SMILES string of the molecule is Cc1cc(C(=O)[O-])ccc1OCC(C)(F)F. The maximum atomic E-state index is 12.5. The highest BCUT2D eigenvalue weighted by Gasteiger charge is 2.22. The number of aromatic carboxylic acids is 1. The fourth-order valence-corrected chi connectivity index (χ4v) is 1.14. The monoisotopic (exact) mass is 229 g/mol. The van der Waals surface area contributed by atoms with E-state index in [1.54, 1.807) is 6.92 Å².